The average Bonchev–Trinajstić information content (AvgIpc) is 1.82. The van der Waals surface area contributed by atoms with Gasteiger partial charge < -0.3 is 4.80 Å². The minimum Gasteiger partial charge on any atom is -0.438 e. The van der Waals surface area contributed by atoms with Crippen molar-refractivity contribution in [3.05, 3.63) is 0 Å². The Hall–Kier alpha value is -0.0331. The molecule has 0 fully saturated rings. The molecule has 0 heterocycles. The van der Waals surface area contributed by atoms with Gasteiger partial charge in [-0.1, -0.05) is 0 Å². The van der Waals surface area contributed by atoms with Gasteiger partial charge >= 0.3 is 0 Å². The van der Waals surface area contributed by atoms with Gasteiger partial charge in [0, 0.05) is 0 Å². The van der Waals surface area contributed by atoms with Crippen LogP contribution in [-0.4, -0.2) is 27.2 Å². The Balaban J connectivity index is 3.16. The van der Waals surface area contributed by atoms with Gasteiger partial charge in [0.2, 0.25) is 0 Å². The molecule has 1 atom stereocenters. The van der Waals surface area contributed by atoms with Crippen LogP contribution in [0.2, 0.25) is 6.04 Å². The van der Waals surface area contributed by atoms with Crippen molar-refractivity contribution in [1.82, 2.24) is 0 Å². The summed E-state index contributed by atoms with van der Waals surface area (Å²) in [5.74, 6) is 0. The Morgan fingerprint density at radius 2 is 1.89 bits per heavy atom. The topological polar surface area (TPSA) is 20.2 Å². The fraction of sp³-hybridized carbons (Fsp3) is 1.00. The Morgan fingerprint density at radius 3 is 2.22 bits per heavy atom. The average molecular weight is 158 g/mol. The molecule has 0 saturated heterocycles. The van der Waals surface area contributed by atoms with Gasteiger partial charge in [0.25, 0.3) is 6.43 Å². The van der Waals surface area contributed by atoms with E-state index in [4.69, 9.17) is 4.80 Å². The number of hydrogen-bond donors (Lipinski definition) is 1. The first-order chi connectivity index (χ1) is 4.18. The summed E-state index contributed by atoms with van der Waals surface area (Å²) in [6, 6.07) is 0.242. The van der Waals surface area contributed by atoms with Crippen LogP contribution < -0.4 is 0 Å². The van der Waals surface area contributed by atoms with E-state index >= 15 is 0 Å². The third kappa shape index (κ3) is 4.47. The molecule has 1 unspecified atom stereocenters. The molecule has 1 N–H and O–H groups in total. The summed E-state index contributed by atoms with van der Waals surface area (Å²) in [7, 11) is -1.23. The van der Waals surface area contributed by atoms with Crippen LogP contribution >= 0.6 is 0 Å². The van der Waals surface area contributed by atoms with E-state index in [0.29, 0.717) is 0 Å². The van der Waals surface area contributed by atoms with Gasteiger partial charge in [0.1, 0.15) is 0 Å². The Bertz CT molecular complexity index is 70.8. The number of rotatable bonds is 4. The van der Waals surface area contributed by atoms with E-state index < -0.39 is 22.4 Å². The van der Waals surface area contributed by atoms with Crippen molar-refractivity contribution >= 4 is 9.76 Å². The molecule has 0 aromatic rings. The van der Waals surface area contributed by atoms with Crippen molar-refractivity contribution in [2.45, 2.75) is 25.1 Å². The smallest absolute Gasteiger partial charge is 0.269 e. The molecule has 56 valence electrons. The standard InChI is InChI=1S/C4H9F3OSi/c5-3(4(6)7)1-2-9-8/h3-4,8H,1-2,9H2. The summed E-state index contributed by atoms with van der Waals surface area (Å²) in [5, 5.41) is 0. The van der Waals surface area contributed by atoms with Gasteiger partial charge in [-0.3, -0.25) is 0 Å². The Morgan fingerprint density at radius 1 is 1.33 bits per heavy atom. The highest BCUT2D eigenvalue weighted by atomic mass is 28.2. The summed E-state index contributed by atoms with van der Waals surface area (Å²) in [5.41, 5.74) is 0. The number of halogens is 3. The van der Waals surface area contributed by atoms with Crippen LogP contribution in [0, 0.1) is 0 Å². The Kier molecular flexibility index (Phi) is 4.79. The van der Waals surface area contributed by atoms with E-state index in [1.165, 1.54) is 0 Å². The van der Waals surface area contributed by atoms with Crippen LogP contribution in [0.15, 0.2) is 0 Å². The van der Waals surface area contributed by atoms with Gasteiger partial charge in [-0.15, -0.1) is 0 Å². The lowest BCUT2D eigenvalue weighted by Gasteiger charge is -2.03. The molecular formula is C4H9F3OSi. The van der Waals surface area contributed by atoms with Crippen LogP contribution in [-0.2, 0) is 0 Å². The van der Waals surface area contributed by atoms with Crippen molar-refractivity contribution in [3.63, 3.8) is 0 Å². The zero-order valence-corrected chi connectivity index (χ0v) is 6.27. The van der Waals surface area contributed by atoms with Crippen molar-refractivity contribution < 1.29 is 18.0 Å². The molecule has 0 aromatic heterocycles. The maximum atomic E-state index is 11.9. The van der Waals surface area contributed by atoms with Crippen LogP contribution in [0.3, 0.4) is 0 Å². The molecule has 0 aliphatic carbocycles. The fourth-order valence-corrected chi connectivity index (χ4v) is 0.985. The SMILES string of the molecule is O[SiH2]CCC(F)C(F)F. The fourth-order valence-electron chi connectivity index (χ4n) is 0.412. The van der Waals surface area contributed by atoms with E-state index in [1.807, 2.05) is 0 Å². The van der Waals surface area contributed by atoms with Crippen molar-refractivity contribution in [2.24, 2.45) is 0 Å². The first-order valence-electron chi connectivity index (χ1n) is 2.71. The molecule has 0 bridgehead atoms. The third-order valence-electron chi connectivity index (χ3n) is 0.911. The molecule has 0 aromatic carbocycles. The Labute approximate surface area is 53.8 Å². The molecule has 0 radical (unpaired) electrons. The van der Waals surface area contributed by atoms with Crippen molar-refractivity contribution in [3.8, 4) is 0 Å². The highest BCUT2D eigenvalue weighted by Crippen LogP contribution is 2.10. The van der Waals surface area contributed by atoms with E-state index in [2.05, 4.69) is 0 Å². The lowest BCUT2D eigenvalue weighted by atomic mass is 10.3. The second-order valence-electron chi connectivity index (χ2n) is 1.72. The highest BCUT2D eigenvalue weighted by Gasteiger charge is 2.17. The van der Waals surface area contributed by atoms with Gasteiger partial charge in [0.15, 0.2) is 15.9 Å². The minimum atomic E-state index is -2.88. The van der Waals surface area contributed by atoms with Gasteiger partial charge in [-0.25, -0.2) is 13.2 Å². The van der Waals surface area contributed by atoms with E-state index in [0.717, 1.165) is 0 Å². The normalized spacial score (nSPS) is 15.7. The molecular weight excluding hydrogens is 149 g/mol. The zero-order valence-electron chi connectivity index (χ0n) is 4.86. The van der Waals surface area contributed by atoms with Crippen LogP contribution in [0.5, 0.6) is 0 Å². The van der Waals surface area contributed by atoms with Crippen LogP contribution in [0.25, 0.3) is 0 Å². The zero-order chi connectivity index (χ0) is 7.28. The molecule has 9 heavy (non-hydrogen) atoms. The summed E-state index contributed by atoms with van der Waals surface area (Å²) in [6.07, 6.45) is -5.12. The molecule has 0 aliphatic heterocycles. The molecule has 0 saturated carbocycles. The van der Waals surface area contributed by atoms with Gasteiger partial charge in [0.05, 0.1) is 0 Å². The first-order valence-corrected chi connectivity index (χ1v) is 4.34. The van der Waals surface area contributed by atoms with Gasteiger partial charge in [-0.05, 0) is 12.5 Å². The number of hydrogen-bond acceptors (Lipinski definition) is 1. The predicted molar refractivity (Wildman–Crippen MR) is 31.1 cm³/mol. The molecule has 0 spiro atoms. The van der Waals surface area contributed by atoms with Gasteiger partial charge in [-0.2, -0.15) is 0 Å². The molecule has 0 aliphatic rings. The lowest BCUT2D eigenvalue weighted by Crippen LogP contribution is -2.12. The monoisotopic (exact) mass is 158 g/mol. The van der Waals surface area contributed by atoms with E-state index in [1.54, 1.807) is 0 Å². The molecule has 5 heteroatoms. The van der Waals surface area contributed by atoms with E-state index in [9.17, 15) is 13.2 Å². The number of alkyl halides is 3. The van der Waals surface area contributed by atoms with Crippen molar-refractivity contribution in [1.29, 1.82) is 0 Å². The van der Waals surface area contributed by atoms with Crippen LogP contribution in [0.4, 0.5) is 13.2 Å². The summed E-state index contributed by atoms with van der Waals surface area (Å²) >= 11 is 0. The van der Waals surface area contributed by atoms with Crippen LogP contribution in [0.1, 0.15) is 6.42 Å². The quantitative estimate of drug-likeness (QED) is 0.590. The first kappa shape index (κ1) is 8.97. The summed E-state index contributed by atoms with van der Waals surface area (Å²) < 4.78 is 34.5. The predicted octanol–water partition coefficient (Wildman–Crippen LogP) is 0.474. The molecule has 1 nitrogen and oxygen atoms in total. The summed E-state index contributed by atoms with van der Waals surface area (Å²) in [6.45, 7) is 0. The summed E-state index contributed by atoms with van der Waals surface area (Å²) in [4.78, 5) is 8.22. The maximum Gasteiger partial charge on any atom is 0.269 e. The minimum absolute atomic E-state index is 0.194. The van der Waals surface area contributed by atoms with E-state index in [-0.39, 0.29) is 12.5 Å². The molecule has 0 amide bonds. The highest BCUT2D eigenvalue weighted by molar-refractivity contribution is 6.25. The lowest BCUT2D eigenvalue weighted by molar-refractivity contribution is 0.0479. The largest absolute Gasteiger partial charge is 0.438 e. The third-order valence-corrected chi connectivity index (χ3v) is 1.64. The second kappa shape index (κ2) is 4.81. The molecule has 0 rings (SSSR count). The second-order valence-corrected chi connectivity index (χ2v) is 2.87. The van der Waals surface area contributed by atoms with Crippen molar-refractivity contribution in [2.75, 3.05) is 0 Å². The maximum absolute atomic E-state index is 11.9.